The van der Waals surface area contributed by atoms with Crippen LogP contribution in [0.1, 0.15) is 30.9 Å². The Bertz CT molecular complexity index is 1210. The average Bonchev–Trinajstić information content (AvgIpc) is 3.30. The van der Waals surface area contributed by atoms with Crippen molar-refractivity contribution < 1.29 is 14.0 Å². The van der Waals surface area contributed by atoms with Crippen LogP contribution in [0.3, 0.4) is 0 Å². The molecule has 180 valence electrons. The second kappa shape index (κ2) is 10.8. The van der Waals surface area contributed by atoms with Gasteiger partial charge in [-0.25, -0.2) is 4.39 Å². The molecule has 2 aromatic rings. The summed E-state index contributed by atoms with van der Waals surface area (Å²) in [5, 5.41) is 12.5. The Morgan fingerprint density at radius 2 is 1.63 bits per heavy atom. The van der Waals surface area contributed by atoms with Gasteiger partial charge in [-0.3, -0.25) is 9.59 Å². The number of piperazine rings is 1. The van der Waals surface area contributed by atoms with Crippen molar-refractivity contribution in [3.05, 3.63) is 81.5 Å². The highest BCUT2D eigenvalue weighted by Crippen LogP contribution is 2.44. The number of carbonyl (C=O) groups is 2. The topological polar surface area (TPSA) is 67.6 Å². The number of hydrogen-bond donors (Lipinski definition) is 0. The van der Waals surface area contributed by atoms with Gasteiger partial charge in [-0.15, -0.1) is 0 Å². The minimum Gasteiger partial charge on any atom is -0.339 e. The summed E-state index contributed by atoms with van der Waals surface area (Å²) in [5.41, 5.74) is 3.55. The van der Waals surface area contributed by atoms with Gasteiger partial charge in [0.2, 0.25) is 5.91 Å². The van der Waals surface area contributed by atoms with Gasteiger partial charge in [-0.05, 0) is 43.2 Å². The summed E-state index contributed by atoms with van der Waals surface area (Å²) in [6.45, 7) is 5.65. The number of benzene rings is 2. The third-order valence-corrected chi connectivity index (χ3v) is 7.03. The third-order valence-electron chi connectivity index (χ3n) is 6.08. The van der Waals surface area contributed by atoms with Crippen LogP contribution in [0.15, 0.2) is 64.5 Å². The van der Waals surface area contributed by atoms with Gasteiger partial charge in [0.05, 0.1) is 5.70 Å². The third kappa shape index (κ3) is 5.25. The van der Waals surface area contributed by atoms with E-state index >= 15 is 0 Å². The van der Waals surface area contributed by atoms with Gasteiger partial charge in [0.1, 0.15) is 22.5 Å². The van der Waals surface area contributed by atoms with Crippen LogP contribution in [-0.4, -0.2) is 47.8 Å². The molecular weight excluding hydrogens is 463 g/mol. The second-order valence-corrected chi connectivity index (χ2v) is 9.37. The Labute approximate surface area is 209 Å². The zero-order chi connectivity index (χ0) is 24.9. The zero-order valence-electron chi connectivity index (χ0n) is 19.8. The van der Waals surface area contributed by atoms with Crippen LogP contribution in [0.5, 0.6) is 0 Å². The van der Waals surface area contributed by atoms with Gasteiger partial charge in [0.15, 0.2) is 0 Å². The van der Waals surface area contributed by atoms with Crippen LogP contribution < -0.4 is 4.90 Å². The SMILES string of the molecule is CCCC(=O)N1CCN(C(=O)/C(C#N)=C2\SC=C(c3ccc(C)cc3)N2c2ccc(F)cc2)CC1. The Morgan fingerprint density at radius 1 is 1.00 bits per heavy atom. The standard InChI is InChI=1S/C27H27FN4O2S/c1-3-4-25(33)30-13-15-31(16-14-30)26(34)23(17-29)27-32(22-11-9-21(28)10-12-22)24(18-35-27)20-7-5-19(2)6-8-20/h5-12,18H,3-4,13-16H2,1-2H3/b27-23-. The molecule has 6 nitrogen and oxygen atoms in total. The van der Waals surface area contributed by atoms with Crippen LogP contribution in [0.4, 0.5) is 10.1 Å². The fraction of sp³-hybridized carbons (Fsp3) is 0.296. The van der Waals surface area contributed by atoms with E-state index in [9.17, 15) is 19.2 Å². The lowest BCUT2D eigenvalue weighted by atomic mass is 10.1. The molecule has 4 rings (SSSR count). The van der Waals surface area contributed by atoms with E-state index in [4.69, 9.17) is 0 Å². The molecule has 0 aromatic heterocycles. The molecule has 2 aliphatic heterocycles. The highest BCUT2D eigenvalue weighted by atomic mass is 32.2. The van der Waals surface area contributed by atoms with Crippen molar-refractivity contribution in [3.8, 4) is 6.07 Å². The van der Waals surface area contributed by atoms with Crippen molar-refractivity contribution >= 4 is 35.0 Å². The second-order valence-electron chi connectivity index (χ2n) is 8.51. The molecule has 1 fully saturated rings. The number of rotatable bonds is 5. The van der Waals surface area contributed by atoms with Crippen molar-refractivity contribution in [2.24, 2.45) is 0 Å². The number of thioether (sulfide) groups is 1. The van der Waals surface area contributed by atoms with Gasteiger partial charge in [0.25, 0.3) is 5.91 Å². The lowest BCUT2D eigenvalue weighted by molar-refractivity contribution is -0.137. The van der Waals surface area contributed by atoms with Crippen LogP contribution >= 0.6 is 11.8 Å². The Hall–Kier alpha value is -3.57. The van der Waals surface area contributed by atoms with Crippen molar-refractivity contribution in [2.75, 3.05) is 31.1 Å². The molecule has 2 aromatic carbocycles. The van der Waals surface area contributed by atoms with Crippen molar-refractivity contribution in [2.45, 2.75) is 26.7 Å². The number of halogens is 1. The molecule has 0 atom stereocenters. The smallest absolute Gasteiger partial charge is 0.267 e. The largest absolute Gasteiger partial charge is 0.339 e. The number of hydrogen-bond acceptors (Lipinski definition) is 5. The number of nitriles is 1. The van der Waals surface area contributed by atoms with E-state index in [1.54, 1.807) is 21.9 Å². The fourth-order valence-corrected chi connectivity index (χ4v) is 5.17. The van der Waals surface area contributed by atoms with E-state index in [0.29, 0.717) is 43.3 Å². The summed E-state index contributed by atoms with van der Waals surface area (Å²) < 4.78 is 13.7. The highest BCUT2D eigenvalue weighted by molar-refractivity contribution is 8.06. The summed E-state index contributed by atoms with van der Waals surface area (Å²) in [7, 11) is 0. The number of nitrogens with zero attached hydrogens (tertiary/aromatic N) is 4. The predicted octanol–water partition coefficient (Wildman–Crippen LogP) is 4.89. The van der Waals surface area contributed by atoms with E-state index in [1.807, 2.05) is 48.4 Å². The van der Waals surface area contributed by atoms with Crippen molar-refractivity contribution in [3.63, 3.8) is 0 Å². The van der Waals surface area contributed by atoms with E-state index < -0.39 is 0 Å². The molecule has 0 spiro atoms. The van der Waals surface area contributed by atoms with Gasteiger partial charge >= 0.3 is 0 Å². The molecule has 2 amide bonds. The maximum Gasteiger partial charge on any atom is 0.267 e. The Kier molecular flexibility index (Phi) is 7.57. The predicted molar refractivity (Wildman–Crippen MR) is 136 cm³/mol. The summed E-state index contributed by atoms with van der Waals surface area (Å²) in [5.74, 6) is -0.624. The van der Waals surface area contributed by atoms with Crippen LogP contribution in [0, 0.1) is 24.1 Å². The van der Waals surface area contributed by atoms with Crippen LogP contribution in [-0.2, 0) is 9.59 Å². The quantitative estimate of drug-likeness (QED) is 0.441. The summed E-state index contributed by atoms with van der Waals surface area (Å²) in [4.78, 5) is 30.9. The van der Waals surface area contributed by atoms with E-state index in [1.165, 1.54) is 23.9 Å². The monoisotopic (exact) mass is 490 g/mol. The maximum absolute atomic E-state index is 13.7. The number of aryl methyl sites for hydroxylation is 1. The lowest BCUT2D eigenvalue weighted by Gasteiger charge is -2.35. The molecule has 0 bridgehead atoms. The Balaban J connectivity index is 1.65. The first-order chi connectivity index (χ1) is 16.9. The molecule has 35 heavy (non-hydrogen) atoms. The van der Waals surface area contributed by atoms with Crippen LogP contribution in [0.25, 0.3) is 5.70 Å². The van der Waals surface area contributed by atoms with E-state index in [2.05, 4.69) is 6.07 Å². The van der Waals surface area contributed by atoms with Crippen molar-refractivity contribution in [1.82, 2.24) is 9.80 Å². The summed E-state index contributed by atoms with van der Waals surface area (Å²) >= 11 is 1.31. The molecule has 0 saturated carbocycles. The zero-order valence-corrected chi connectivity index (χ0v) is 20.6. The van der Waals surface area contributed by atoms with Gasteiger partial charge in [-0.1, -0.05) is 48.5 Å². The summed E-state index contributed by atoms with van der Waals surface area (Å²) in [6.07, 6.45) is 1.29. The number of amides is 2. The number of anilines is 1. The van der Waals surface area contributed by atoms with Gasteiger partial charge in [0, 0.05) is 43.7 Å². The molecule has 0 unspecified atom stereocenters. The maximum atomic E-state index is 13.7. The van der Waals surface area contributed by atoms with Gasteiger partial charge < -0.3 is 14.7 Å². The average molecular weight is 491 g/mol. The minimum atomic E-state index is -0.362. The Morgan fingerprint density at radius 3 is 2.23 bits per heavy atom. The highest BCUT2D eigenvalue weighted by Gasteiger charge is 2.33. The van der Waals surface area contributed by atoms with Crippen molar-refractivity contribution in [1.29, 1.82) is 5.26 Å². The molecule has 2 aliphatic rings. The van der Waals surface area contributed by atoms with Crippen LogP contribution in [0.2, 0.25) is 0 Å². The fourth-order valence-electron chi connectivity index (χ4n) is 4.14. The van der Waals surface area contributed by atoms with E-state index in [-0.39, 0.29) is 23.2 Å². The van der Waals surface area contributed by atoms with Gasteiger partial charge in [-0.2, -0.15) is 5.26 Å². The summed E-state index contributed by atoms with van der Waals surface area (Å²) in [6, 6.07) is 16.1. The minimum absolute atomic E-state index is 0.0334. The number of carbonyl (C=O) groups excluding carboxylic acids is 2. The molecule has 2 heterocycles. The lowest BCUT2D eigenvalue weighted by Crippen LogP contribution is -2.51. The molecular formula is C27H27FN4O2S. The first-order valence-corrected chi connectivity index (χ1v) is 12.5. The molecule has 0 radical (unpaired) electrons. The first kappa shape index (κ1) is 24.6. The molecule has 8 heteroatoms. The molecule has 1 saturated heterocycles. The molecule has 0 N–H and O–H groups in total. The normalized spacial score (nSPS) is 17.2. The van der Waals surface area contributed by atoms with E-state index in [0.717, 1.165) is 23.2 Å². The molecule has 0 aliphatic carbocycles. The first-order valence-electron chi connectivity index (χ1n) is 11.6.